The Hall–Kier alpha value is -2.77. The molecule has 1 aliphatic rings. The van der Waals surface area contributed by atoms with Gasteiger partial charge in [-0.1, -0.05) is 50.1 Å². The SMILES string of the molecule is CCOC(=O)c1ccnc(-c2noc([C@H](CCCC3CCCCC3)CC(=O)O)n2)c1. The number of pyridine rings is 1. The average Bonchev–Trinajstić information content (AvgIpc) is 3.24. The lowest BCUT2D eigenvalue weighted by Crippen LogP contribution is -2.10. The normalized spacial score (nSPS) is 15.6. The second-order valence-corrected chi connectivity index (χ2v) is 7.84. The molecule has 0 bridgehead atoms. The molecule has 3 rings (SSSR count). The van der Waals surface area contributed by atoms with Crippen LogP contribution in [0.5, 0.6) is 0 Å². The monoisotopic (exact) mass is 415 g/mol. The molecule has 0 radical (unpaired) electrons. The van der Waals surface area contributed by atoms with Crippen molar-refractivity contribution in [3.05, 3.63) is 29.8 Å². The quantitative estimate of drug-likeness (QED) is 0.559. The lowest BCUT2D eigenvalue weighted by atomic mass is 9.84. The summed E-state index contributed by atoms with van der Waals surface area (Å²) in [5.74, 6) is -0.382. The van der Waals surface area contributed by atoms with Crippen molar-refractivity contribution in [3.8, 4) is 11.5 Å². The Kier molecular flexibility index (Phi) is 7.93. The average molecular weight is 415 g/mol. The van der Waals surface area contributed by atoms with Gasteiger partial charge in [0.15, 0.2) is 0 Å². The van der Waals surface area contributed by atoms with E-state index in [-0.39, 0.29) is 24.8 Å². The van der Waals surface area contributed by atoms with E-state index in [1.54, 1.807) is 19.1 Å². The van der Waals surface area contributed by atoms with Gasteiger partial charge in [-0.25, -0.2) is 4.79 Å². The second kappa shape index (κ2) is 10.8. The molecule has 2 aromatic rings. The zero-order chi connectivity index (χ0) is 21.3. The number of hydrogen-bond donors (Lipinski definition) is 1. The lowest BCUT2D eigenvalue weighted by Gasteiger charge is -2.21. The highest BCUT2D eigenvalue weighted by Gasteiger charge is 2.24. The van der Waals surface area contributed by atoms with Crippen molar-refractivity contribution in [2.24, 2.45) is 5.92 Å². The summed E-state index contributed by atoms with van der Waals surface area (Å²) in [6.07, 6.45) is 10.7. The van der Waals surface area contributed by atoms with E-state index in [0.717, 1.165) is 18.8 Å². The fourth-order valence-corrected chi connectivity index (χ4v) is 4.05. The van der Waals surface area contributed by atoms with E-state index in [9.17, 15) is 14.7 Å². The molecule has 1 N–H and O–H groups in total. The molecule has 2 heterocycles. The van der Waals surface area contributed by atoms with E-state index in [2.05, 4.69) is 15.1 Å². The van der Waals surface area contributed by atoms with E-state index >= 15 is 0 Å². The Labute approximate surface area is 176 Å². The molecule has 0 amide bonds. The van der Waals surface area contributed by atoms with E-state index in [4.69, 9.17) is 9.26 Å². The molecule has 0 unspecified atom stereocenters. The molecule has 0 spiro atoms. The van der Waals surface area contributed by atoms with Gasteiger partial charge in [0.05, 0.1) is 18.6 Å². The summed E-state index contributed by atoms with van der Waals surface area (Å²) < 4.78 is 10.4. The number of carbonyl (C=O) groups is 2. The van der Waals surface area contributed by atoms with Crippen molar-refractivity contribution in [2.75, 3.05) is 6.61 Å². The maximum atomic E-state index is 11.9. The van der Waals surface area contributed by atoms with Crippen molar-refractivity contribution in [1.82, 2.24) is 15.1 Å². The number of rotatable bonds is 10. The number of esters is 1. The summed E-state index contributed by atoms with van der Waals surface area (Å²) in [6, 6.07) is 3.10. The fraction of sp³-hybridized carbons (Fsp3) is 0.591. The smallest absolute Gasteiger partial charge is 0.338 e. The summed E-state index contributed by atoms with van der Waals surface area (Å²) in [4.78, 5) is 31.9. The second-order valence-electron chi connectivity index (χ2n) is 7.84. The maximum Gasteiger partial charge on any atom is 0.338 e. The van der Waals surface area contributed by atoms with Gasteiger partial charge in [0.2, 0.25) is 11.7 Å². The molecular formula is C22H29N3O5. The van der Waals surface area contributed by atoms with Gasteiger partial charge >= 0.3 is 11.9 Å². The molecule has 1 fully saturated rings. The van der Waals surface area contributed by atoms with Gasteiger partial charge in [-0.3, -0.25) is 9.78 Å². The predicted octanol–water partition coefficient (Wildman–Crippen LogP) is 4.62. The number of ether oxygens (including phenoxy) is 1. The van der Waals surface area contributed by atoms with Crippen LogP contribution in [0.2, 0.25) is 0 Å². The first-order valence-corrected chi connectivity index (χ1v) is 10.8. The number of carbonyl (C=O) groups excluding carboxylic acids is 1. The Bertz CT molecular complexity index is 845. The van der Waals surface area contributed by atoms with Gasteiger partial charge in [0, 0.05) is 12.1 Å². The third-order valence-corrected chi connectivity index (χ3v) is 5.60. The van der Waals surface area contributed by atoms with Crippen LogP contribution in [0.4, 0.5) is 0 Å². The van der Waals surface area contributed by atoms with Crippen LogP contribution in [0.15, 0.2) is 22.9 Å². The standard InChI is InChI=1S/C22H29N3O5/c1-2-29-22(28)17-11-12-23-18(13-17)20-24-21(30-25-20)16(14-19(26)27)10-6-9-15-7-4-3-5-8-15/h11-13,15-16H,2-10,14H2,1H3,(H,26,27)/t16-/m1/s1. The number of aromatic nitrogens is 3. The first kappa shape index (κ1) is 21.9. The van der Waals surface area contributed by atoms with Gasteiger partial charge in [0.25, 0.3) is 0 Å². The summed E-state index contributed by atoms with van der Waals surface area (Å²) in [7, 11) is 0. The number of hydrogen-bond acceptors (Lipinski definition) is 7. The van der Waals surface area contributed by atoms with Gasteiger partial charge in [-0.05, 0) is 31.4 Å². The fourth-order valence-electron chi connectivity index (χ4n) is 4.05. The lowest BCUT2D eigenvalue weighted by molar-refractivity contribution is -0.137. The number of aliphatic carboxylic acids is 1. The van der Waals surface area contributed by atoms with Gasteiger partial charge in [0.1, 0.15) is 5.69 Å². The van der Waals surface area contributed by atoms with Crippen molar-refractivity contribution in [1.29, 1.82) is 0 Å². The Morgan fingerprint density at radius 3 is 2.83 bits per heavy atom. The molecular weight excluding hydrogens is 386 g/mol. The minimum Gasteiger partial charge on any atom is -0.481 e. The van der Waals surface area contributed by atoms with Crippen LogP contribution in [-0.2, 0) is 9.53 Å². The number of nitrogens with zero attached hydrogens (tertiary/aromatic N) is 3. The van der Waals surface area contributed by atoms with Gasteiger partial charge < -0.3 is 14.4 Å². The van der Waals surface area contributed by atoms with Crippen LogP contribution < -0.4 is 0 Å². The van der Waals surface area contributed by atoms with E-state index in [1.807, 2.05) is 0 Å². The van der Waals surface area contributed by atoms with E-state index in [1.165, 1.54) is 38.3 Å². The highest BCUT2D eigenvalue weighted by atomic mass is 16.5. The minimum absolute atomic E-state index is 0.0530. The first-order chi connectivity index (χ1) is 14.6. The molecule has 0 aliphatic heterocycles. The third-order valence-electron chi connectivity index (χ3n) is 5.60. The van der Waals surface area contributed by atoms with Crippen LogP contribution in [-0.4, -0.2) is 38.8 Å². The number of carboxylic acids is 1. The summed E-state index contributed by atoms with van der Waals surface area (Å²) in [5, 5.41) is 13.3. The van der Waals surface area contributed by atoms with Crippen LogP contribution in [0.3, 0.4) is 0 Å². The Morgan fingerprint density at radius 2 is 2.10 bits per heavy atom. The molecule has 0 saturated heterocycles. The molecule has 8 nitrogen and oxygen atoms in total. The number of carboxylic acid groups (broad SMARTS) is 1. The summed E-state index contributed by atoms with van der Waals surface area (Å²) >= 11 is 0. The van der Waals surface area contributed by atoms with Gasteiger partial charge in [-0.2, -0.15) is 4.98 Å². The van der Waals surface area contributed by atoms with E-state index in [0.29, 0.717) is 23.6 Å². The highest BCUT2D eigenvalue weighted by molar-refractivity contribution is 5.90. The molecule has 1 aliphatic carbocycles. The van der Waals surface area contributed by atoms with Crippen molar-refractivity contribution < 1.29 is 24.0 Å². The third kappa shape index (κ3) is 6.11. The van der Waals surface area contributed by atoms with Crippen LogP contribution in [0.1, 0.15) is 86.9 Å². The molecule has 1 saturated carbocycles. The summed E-state index contributed by atoms with van der Waals surface area (Å²) in [6.45, 7) is 2.02. The molecule has 162 valence electrons. The molecule has 1 atom stereocenters. The molecule has 8 heteroatoms. The van der Waals surface area contributed by atoms with Crippen LogP contribution in [0, 0.1) is 5.92 Å². The van der Waals surface area contributed by atoms with Crippen molar-refractivity contribution >= 4 is 11.9 Å². The maximum absolute atomic E-state index is 11.9. The molecule has 0 aromatic carbocycles. The zero-order valence-corrected chi connectivity index (χ0v) is 17.4. The largest absolute Gasteiger partial charge is 0.481 e. The van der Waals surface area contributed by atoms with Crippen LogP contribution in [0.25, 0.3) is 11.5 Å². The first-order valence-electron chi connectivity index (χ1n) is 10.8. The minimum atomic E-state index is -0.889. The topological polar surface area (TPSA) is 115 Å². The Balaban J connectivity index is 1.68. The highest BCUT2D eigenvalue weighted by Crippen LogP contribution is 2.31. The molecule has 30 heavy (non-hydrogen) atoms. The van der Waals surface area contributed by atoms with E-state index < -0.39 is 11.9 Å². The summed E-state index contributed by atoms with van der Waals surface area (Å²) in [5.41, 5.74) is 0.731. The van der Waals surface area contributed by atoms with Crippen molar-refractivity contribution in [3.63, 3.8) is 0 Å². The Morgan fingerprint density at radius 1 is 1.30 bits per heavy atom. The van der Waals surface area contributed by atoms with Gasteiger partial charge in [-0.15, -0.1) is 0 Å². The predicted molar refractivity (Wildman–Crippen MR) is 109 cm³/mol. The zero-order valence-electron chi connectivity index (χ0n) is 17.4. The molecule has 2 aromatic heterocycles. The van der Waals surface area contributed by atoms with Crippen molar-refractivity contribution in [2.45, 2.75) is 70.6 Å². The van der Waals surface area contributed by atoms with Crippen LogP contribution >= 0.6 is 0 Å².